The fourth-order valence-corrected chi connectivity index (χ4v) is 6.05. The van der Waals surface area contributed by atoms with E-state index >= 15 is 0 Å². The summed E-state index contributed by atoms with van der Waals surface area (Å²) in [6, 6.07) is 0. The molecule has 2 rings (SSSR count). The highest BCUT2D eigenvalue weighted by Crippen LogP contribution is 2.37. The Balaban J connectivity index is 2.29. The molecular formula is C28H46NO6-. The highest BCUT2D eigenvalue weighted by molar-refractivity contribution is 5.72. The van der Waals surface area contributed by atoms with Crippen molar-refractivity contribution in [3.8, 4) is 0 Å². The second kappa shape index (κ2) is 14.0. The fourth-order valence-electron chi connectivity index (χ4n) is 6.05. The van der Waals surface area contributed by atoms with Crippen LogP contribution in [0.25, 0.3) is 5.32 Å². The van der Waals surface area contributed by atoms with Crippen LogP contribution in [0.3, 0.4) is 0 Å². The Hall–Kier alpha value is -1.86. The molecule has 1 saturated carbocycles. The quantitative estimate of drug-likeness (QED) is 0.473. The molecule has 0 aromatic heterocycles. The van der Waals surface area contributed by atoms with Crippen molar-refractivity contribution in [3.05, 3.63) is 29.2 Å². The molecule has 2 aliphatic rings. The van der Waals surface area contributed by atoms with Crippen molar-refractivity contribution in [2.24, 2.45) is 35.5 Å². The number of carboxylic acid groups (broad SMARTS) is 1. The van der Waals surface area contributed by atoms with Gasteiger partial charge >= 0.3 is 11.9 Å². The number of aliphatic hydroxyl groups excluding tert-OH is 2. The van der Waals surface area contributed by atoms with Crippen LogP contribution in [-0.2, 0) is 14.3 Å². The van der Waals surface area contributed by atoms with Gasteiger partial charge in [-0.1, -0.05) is 52.3 Å². The van der Waals surface area contributed by atoms with Gasteiger partial charge in [0.05, 0.1) is 24.5 Å². The lowest BCUT2D eigenvalue weighted by atomic mass is 9.82. The van der Waals surface area contributed by atoms with Crippen LogP contribution in [-0.4, -0.2) is 52.6 Å². The molecule has 0 bridgehead atoms. The van der Waals surface area contributed by atoms with Gasteiger partial charge in [0.25, 0.3) is 0 Å². The second-order valence-corrected chi connectivity index (χ2v) is 11.1. The Morgan fingerprint density at radius 3 is 2.31 bits per heavy atom. The number of carbonyl (C=O) groups excluding carboxylic acids is 1. The zero-order valence-corrected chi connectivity index (χ0v) is 22.1. The van der Waals surface area contributed by atoms with E-state index in [1.54, 1.807) is 19.2 Å². The molecule has 9 atom stereocenters. The first kappa shape index (κ1) is 29.4. The van der Waals surface area contributed by atoms with Crippen molar-refractivity contribution in [2.75, 3.05) is 7.05 Å². The number of likely N-dealkylation sites (N-methyl/N-ethyl adjacent to an activating group) is 1. The molecule has 0 amide bonds. The summed E-state index contributed by atoms with van der Waals surface area (Å²) in [4.78, 5) is 24.6. The van der Waals surface area contributed by atoms with E-state index in [1.807, 2.05) is 19.9 Å². The number of carboxylic acids is 1. The maximum absolute atomic E-state index is 12.8. The minimum atomic E-state index is -0.854. The van der Waals surface area contributed by atoms with Crippen LogP contribution in [0.15, 0.2) is 23.9 Å². The predicted octanol–water partition coefficient (Wildman–Crippen LogP) is 5.07. The van der Waals surface area contributed by atoms with Crippen LogP contribution in [0.1, 0.15) is 79.1 Å². The van der Waals surface area contributed by atoms with Crippen LogP contribution in [0.5, 0.6) is 0 Å². The molecule has 35 heavy (non-hydrogen) atoms. The second-order valence-electron chi connectivity index (χ2n) is 11.1. The summed E-state index contributed by atoms with van der Waals surface area (Å²) >= 11 is 0. The van der Waals surface area contributed by atoms with Crippen LogP contribution in [0.2, 0.25) is 0 Å². The van der Waals surface area contributed by atoms with E-state index in [0.29, 0.717) is 36.8 Å². The van der Waals surface area contributed by atoms with Crippen LogP contribution < -0.4 is 0 Å². The summed E-state index contributed by atoms with van der Waals surface area (Å²) < 4.78 is 5.81. The first-order valence-electron chi connectivity index (χ1n) is 13.3. The van der Waals surface area contributed by atoms with Gasteiger partial charge in [0.15, 0.2) is 0 Å². The Kier molecular flexibility index (Phi) is 11.8. The van der Waals surface area contributed by atoms with Crippen molar-refractivity contribution in [1.82, 2.24) is 0 Å². The highest BCUT2D eigenvalue weighted by Gasteiger charge is 2.39. The molecule has 7 heteroatoms. The third-order valence-corrected chi connectivity index (χ3v) is 7.90. The Bertz CT molecular complexity index is 750. The number of esters is 1. The molecule has 1 fully saturated rings. The van der Waals surface area contributed by atoms with E-state index in [9.17, 15) is 24.9 Å². The molecule has 0 aromatic carbocycles. The van der Waals surface area contributed by atoms with Crippen LogP contribution in [0.4, 0.5) is 0 Å². The van der Waals surface area contributed by atoms with E-state index in [4.69, 9.17) is 4.74 Å². The van der Waals surface area contributed by atoms with Gasteiger partial charge in [-0.25, -0.2) is 0 Å². The summed E-state index contributed by atoms with van der Waals surface area (Å²) in [6.07, 6.45) is 8.37. The summed E-state index contributed by atoms with van der Waals surface area (Å²) in [6.45, 7) is 8.36. The third kappa shape index (κ3) is 8.94. The van der Waals surface area contributed by atoms with Crippen molar-refractivity contribution < 1.29 is 29.6 Å². The van der Waals surface area contributed by atoms with E-state index in [-0.39, 0.29) is 24.2 Å². The zero-order valence-electron chi connectivity index (χ0n) is 22.1. The van der Waals surface area contributed by atoms with Crippen LogP contribution >= 0.6 is 0 Å². The molecule has 1 aliphatic heterocycles. The standard InChI is InChI=1S/C28H46NO6/c1-17-13-18(2)15-20(4)27(32)23(29-5)11-6-7-12-25(21-9-8-10-22(21)28(33)34)35-26(31)16-24(30)19(3)14-17/h6-7,11,17-22,24-25,27,30,32H,8-10,12-16H2,1-5H3,(H,33,34)/q-1. The smallest absolute Gasteiger partial charge is 0.308 e. The van der Waals surface area contributed by atoms with Crippen molar-refractivity contribution in [1.29, 1.82) is 0 Å². The normalized spacial score (nSPS) is 38.7. The third-order valence-electron chi connectivity index (χ3n) is 7.90. The molecule has 1 aliphatic carbocycles. The molecule has 0 spiro atoms. The van der Waals surface area contributed by atoms with Gasteiger partial charge in [0, 0.05) is 12.3 Å². The molecule has 0 aromatic rings. The van der Waals surface area contributed by atoms with Gasteiger partial charge in [0.2, 0.25) is 0 Å². The largest absolute Gasteiger partial charge is 0.688 e. The number of aliphatic carboxylic acids is 1. The summed E-state index contributed by atoms with van der Waals surface area (Å²) in [5.41, 5.74) is 0.602. The lowest BCUT2D eigenvalue weighted by Crippen LogP contribution is -2.34. The van der Waals surface area contributed by atoms with Gasteiger partial charge in [-0.15, -0.1) is 12.7 Å². The van der Waals surface area contributed by atoms with Gasteiger partial charge in [0.1, 0.15) is 6.10 Å². The number of carbonyl (C=O) groups is 2. The maximum atomic E-state index is 12.8. The number of rotatable bonds is 3. The number of cyclic esters (lactones) is 1. The number of allylic oxidation sites excluding steroid dienone is 2. The molecule has 3 N–H and O–H groups in total. The summed E-state index contributed by atoms with van der Waals surface area (Å²) in [7, 11) is 1.67. The molecule has 7 nitrogen and oxygen atoms in total. The number of hydrogen-bond acceptors (Lipinski definition) is 5. The highest BCUT2D eigenvalue weighted by atomic mass is 16.5. The van der Waals surface area contributed by atoms with Crippen molar-refractivity contribution in [2.45, 2.75) is 97.4 Å². The first-order valence-corrected chi connectivity index (χ1v) is 13.3. The Labute approximate surface area is 211 Å². The van der Waals surface area contributed by atoms with Crippen LogP contribution in [0, 0.1) is 35.5 Å². The molecule has 0 saturated heterocycles. The van der Waals surface area contributed by atoms with Crippen molar-refractivity contribution in [3.63, 3.8) is 0 Å². The van der Waals surface area contributed by atoms with E-state index in [0.717, 1.165) is 25.7 Å². The molecule has 200 valence electrons. The number of hydrogen-bond donors (Lipinski definition) is 3. The van der Waals surface area contributed by atoms with Gasteiger partial charge in [-0.2, -0.15) is 0 Å². The minimum absolute atomic E-state index is 0.0472. The average Bonchev–Trinajstić information content (AvgIpc) is 3.27. The minimum Gasteiger partial charge on any atom is -0.688 e. The van der Waals surface area contributed by atoms with Crippen molar-refractivity contribution >= 4 is 11.9 Å². The number of nitrogens with zero attached hydrogens (tertiary/aromatic N) is 1. The van der Waals surface area contributed by atoms with E-state index in [1.165, 1.54) is 0 Å². The molecule has 0 radical (unpaired) electrons. The molecule has 1 heterocycles. The Morgan fingerprint density at radius 2 is 1.69 bits per heavy atom. The van der Waals surface area contributed by atoms with Gasteiger partial charge < -0.3 is 25.4 Å². The SMILES string of the molecule is C[N-]C1=CC=CCC(C2CCCC2C(=O)O)OC(=O)CC(O)C(C)CC(C)CC(C)CC(C)C1O. The molecule has 9 unspecified atom stereocenters. The summed E-state index contributed by atoms with van der Waals surface area (Å²) in [5, 5.41) is 35.5. The van der Waals surface area contributed by atoms with Gasteiger partial charge in [-0.3, -0.25) is 9.59 Å². The Morgan fingerprint density at radius 1 is 1.03 bits per heavy atom. The lowest BCUT2D eigenvalue weighted by Gasteiger charge is -2.32. The lowest BCUT2D eigenvalue weighted by molar-refractivity contribution is -0.159. The number of aliphatic hydroxyl groups is 2. The molecular weight excluding hydrogens is 446 g/mol. The topological polar surface area (TPSA) is 118 Å². The predicted molar refractivity (Wildman–Crippen MR) is 137 cm³/mol. The summed E-state index contributed by atoms with van der Waals surface area (Å²) in [5.74, 6) is -1.37. The number of ether oxygens (including phenoxy) is 1. The fraction of sp³-hybridized carbons (Fsp3) is 0.786. The average molecular weight is 493 g/mol. The first-order chi connectivity index (χ1) is 16.5. The monoisotopic (exact) mass is 492 g/mol. The zero-order chi connectivity index (χ0) is 26.1. The van der Waals surface area contributed by atoms with Gasteiger partial charge in [-0.05, 0) is 55.8 Å². The van der Waals surface area contributed by atoms with E-state index in [2.05, 4.69) is 19.2 Å². The van der Waals surface area contributed by atoms with E-state index < -0.39 is 36.2 Å². The maximum Gasteiger partial charge on any atom is 0.308 e.